The molecule has 0 saturated heterocycles. The van der Waals surface area contributed by atoms with Gasteiger partial charge in [0.15, 0.2) is 0 Å². The number of nitrogens with zero attached hydrogens (tertiary/aromatic N) is 3. The summed E-state index contributed by atoms with van der Waals surface area (Å²) in [4.78, 5) is 4.83. The minimum Gasteiger partial charge on any atom is -0.493 e. The molecule has 1 atom stereocenters. The highest BCUT2D eigenvalue weighted by atomic mass is 16.5. The molecule has 2 aromatic heterocycles. The summed E-state index contributed by atoms with van der Waals surface area (Å²) in [5.74, 6) is 0.527. The Morgan fingerprint density at radius 3 is 2.78 bits per heavy atom. The number of aryl methyl sites for hydroxylation is 1. The highest BCUT2D eigenvalue weighted by molar-refractivity contribution is 5.74. The molecule has 2 heterocycles. The van der Waals surface area contributed by atoms with Gasteiger partial charge in [0.1, 0.15) is 11.4 Å². The summed E-state index contributed by atoms with van der Waals surface area (Å²) in [6.07, 6.45) is 1.96. The Labute approximate surface area is 136 Å². The molecule has 4 heteroatoms. The van der Waals surface area contributed by atoms with E-state index < -0.39 is 0 Å². The van der Waals surface area contributed by atoms with E-state index in [0.29, 0.717) is 6.61 Å². The molecule has 1 unspecified atom stereocenters. The molecule has 4 nitrogen and oxygen atoms in total. The van der Waals surface area contributed by atoms with E-state index in [1.165, 1.54) is 0 Å². The van der Waals surface area contributed by atoms with Crippen molar-refractivity contribution in [3.8, 4) is 23.1 Å². The standard InChI is InChI=1S/C19H19N3O/c1-4-23-16-10-6-5-9-15(16)17-18(14(3)12-20)22-11-7-8-13(2)19(22)21-17/h5-11,14H,4H2,1-3H3. The molecule has 116 valence electrons. The van der Waals surface area contributed by atoms with Gasteiger partial charge in [-0.3, -0.25) is 0 Å². The number of pyridine rings is 1. The number of fused-ring (bicyclic) bond motifs is 1. The van der Waals surface area contributed by atoms with Crippen LogP contribution in [0.5, 0.6) is 5.75 Å². The molecule has 0 fully saturated rings. The number of rotatable bonds is 4. The second-order valence-corrected chi connectivity index (χ2v) is 5.51. The molecule has 3 aromatic rings. The summed E-state index contributed by atoms with van der Waals surface area (Å²) in [5.41, 5.74) is 4.61. The Balaban J connectivity index is 2.34. The first-order valence-electron chi connectivity index (χ1n) is 7.76. The quantitative estimate of drug-likeness (QED) is 0.720. The second-order valence-electron chi connectivity index (χ2n) is 5.51. The van der Waals surface area contributed by atoms with Crippen LogP contribution in [-0.2, 0) is 0 Å². The lowest BCUT2D eigenvalue weighted by Gasteiger charge is -2.11. The number of hydrogen-bond donors (Lipinski definition) is 0. The Hall–Kier alpha value is -2.80. The van der Waals surface area contributed by atoms with Crippen LogP contribution in [0.1, 0.15) is 31.0 Å². The third-order valence-electron chi connectivity index (χ3n) is 3.93. The number of imidazole rings is 1. The topological polar surface area (TPSA) is 50.3 Å². The van der Waals surface area contributed by atoms with Gasteiger partial charge >= 0.3 is 0 Å². The van der Waals surface area contributed by atoms with Crippen LogP contribution in [0, 0.1) is 18.3 Å². The van der Waals surface area contributed by atoms with E-state index >= 15 is 0 Å². The van der Waals surface area contributed by atoms with E-state index in [0.717, 1.165) is 33.9 Å². The summed E-state index contributed by atoms with van der Waals surface area (Å²) in [6, 6.07) is 14.2. The number of hydrogen-bond acceptors (Lipinski definition) is 3. The largest absolute Gasteiger partial charge is 0.493 e. The van der Waals surface area contributed by atoms with Crippen molar-refractivity contribution in [3.05, 3.63) is 53.9 Å². The van der Waals surface area contributed by atoms with Gasteiger partial charge in [0, 0.05) is 11.8 Å². The summed E-state index contributed by atoms with van der Waals surface area (Å²) in [6.45, 7) is 6.48. The van der Waals surface area contributed by atoms with Crippen LogP contribution in [0.3, 0.4) is 0 Å². The van der Waals surface area contributed by atoms with Gasteiger partial charge in [-0.15, -0.1) is 0 Å². The zero-order valence-electron chi connectivity index (χ0n) is 13.6. The maximum Gasteiger partial charge on any atom is 0.140 e. The van der Waals surface area contributed by atoms with Gasteiger partial charge in [-0.1, -0.05) is 18.2 Å². The van der Waals surface area contributed by atoms with Gasteiger partial charge in [-0.2, -0.15) is 5.26 Å². The van der Waals surface area contributed by atoms with Gasteiger partial charge in [0.05, 0.1) is 30.0 Å². The van der Waals surface area contributed by atoms with Crippen molar-refractivity contribution in [2.45, 2.75) is 26.7 Å². The molecule has 0 bridgehead atoms. The van der Waals surface area contributed by atoms with Crippen molar-refractivity contribution >= 4 is 5.65 Å². The molecule has 0 amide bonds. The zero-order valence-corrected chi connectivity index (χ0v) is 13.6. The van der Waals surface area contributed by atoms with Crippen LogP contribution in [0.25, 0.3) is 16.9 Å². The minimum atomic E-state index is -0.267. The van der Waals surface area contributed by atoms with Crippen LogP contribution in [0.15, 0.2) is 42.6 Å². The van der Waals surface area contributed by atoms with Crippen molar-refractivity contribution in [2.75, 3.05) is 6.61 Å². The molecular formula is C19H19N3O. The second kappa shape index (κ2) is 6.13. The molecule has 1 aromatic carbocycles. The normalized spacial score (nSPS) is 12.1. The summed E-state index contributed by atoms with van der Waals surface area (Å²) in [7, 11) is 0. The fourth-order valence-corrected chi connectivity index (χ4v) is 2.84. The highest BCUT2D eigenvalue weighted by Gasteiger charge is 2.22. The lowest BCUT2D eigenvalue weighted by Crippen LogP contribution is -2.00. The van der Waals surface area contributed by atoms with E-state index in [9.17, 15) is 5.26 Å². The third-order valence-corrected chi connectivity index (χ3v) is 3.93. The average Bonchev–Trinajstić information content (AvgIpc) is 2.96. The Bertz CT molecular complexity index is 889. The lowest BCUT2D eigenvalue weighted by atomic mass is 10.0. The van der Waals surface area contributed by atoms with Crippen LogP contribution < -0.4 is 4.74 Å². The van der Waals surface area contributed by atoms with Crippen LogP contribution >= 0.6 is 0 Å². The highest BCUT2D eigenvalue weighted by Crippen LogP contribution is 2.35. The van der Waals surface area contributed by atoms with E-state index in [2.05, 4.69) is 6.07 Å². The molecule has 0 aliphatic heterocycles. The Morgan fingerprint density at radius 2 is 2.04 bits per heavy atom. The first-order valence-corrected chi connectivity index (χ1v) is 7.76. The lowest BCUT2D eigenvalue weighted by molar-refractivity contribution is 0.341. The summed E-state index contributed by atoms with van der Waals surface area (Å²) >= 11 is 0. The molecule has 0 spiro atoms. The van der Waals surface area contributed by atoms with Gasteiger partial charge in [-0.05, 0) is 44.5 Å². The Morgan fingerprint density at radius 1 is 1.26 bits per heavy atom. The molecule has 0 saturated carbocycles. The average molecular weight is 305 g/mol. The summed E-state index contributed by atoms with van der Waals surface area (Å²) in [5, 5.41) is 9.46. The number of benzene rings is 1. The number of aromatic nitrogens is 2. The monoisotopic (exact) mass is 305 g/mol. The first-order chi connectivity index (χ1) is 11.2. The van der Waals surface area contributed by atoms with E-state index in [1.54, 1.807) is 0 Å². The fourth-order valence-electron chi connectivity index (χ4n) is 2.84. The van der Waals surface area contributed by atoms with Crippen molar-refractivity contribution in [1.82, 2.24) is 9.38 Å². The molecule has 23 heavy (non-hydrogen) atoms. The van der Waals surface area contributed by atoms with Crippen molar-refractivity contribution in [2.24, 2.45) is 0 Å². The molecule has 0 aliphatic rings. The van der Waals surface area contributed by atoms with E-state index in [-0.39, 0.29) is 5.92 Å². The smallest absolute Gasteiger partial charge is 0.140 e. The molecule has 3 rings (SSSR count). The predicted octanol–water partition coefficient (Wildman–Crippen LogP) is 4.34. The third kappa shape index (κ3) is 2.55. The van der Waals surface area contributed by atoms with Gasteiger partial charge in [-0.25, -0.2) is 4.98 Å². The molecule has 0 aliphatic carbocycles. The number of nitriles is 1. The molecule has 0 N–H and O–H groups in total. The maximum absolute atomic E-state index is 9.46. The predicted molar refractivity (Wildman–Crippen MR) is 90.6 cm³/mol. The Kier molecular flexibility index (Phi) is 4.03. The van der Waals surface area contributed by atoms with Gasteiger partial charge < -0.3 is 9.14 Å². The molecule has 0 radical (unpaired) electrons. The number of ether oxygens (including phenoxy) is 1. The van der Waals surface area contributed by atoms with Crippen molar-refractivity contribution in [3.63, 3.8) is 0 Å². The molecular weight excluding hydrogens is 286 g/mol. The van der Waals surface area contributed by atoms with E-state index in [4.69, 9.17) is 9.72 Å². The summed E-state index contributed by atoms with van der Waals surface area (Å²) < 4.78 is 7.77. The van der Waals surface area contributed by atoms with Crippen LogP contribution in [0.2, 0.25) is 0 Å². The fraction of sp³-hybridized carbons (Fsp3) is 0.263. The van der Waals surface area contributed by atoms with Gasteiger partial charge in [0.25, 0.3) is 0 Å². The zero-order chi connectivity index (χ0) is 16.4. The number of para-hydroxylation sites is 1. The maximum atomic E-state index is 9.46. The first kappa shape index (κ1) is 15.1. The van der Waals surface area contributed by atoms with Crippen LogP contribution in [-0.4, -0.2) is 16.0 Å². The SMILES string of the molecule is CCOc1ccccc1-c1nc2c(C)cccn2c1C(C)C#N. The van der Waals surface area contributed by atoms with Crippen molar-refractivity contribution < 1.29 is 4.74 Å². The van der Waals surface area contributed by atoms with Crippen molar-refractivity contribution in [1.29, 1.82) is 5.26 Å². The van der Waals surface area contributed by atoms with E-state index in [1.807, 2.05) is 67.8 Å². The van der Waals surface area contributed by atoms with Crippen LogP contribution in [0.4, 0.5) is 0 Å². The van der Waals surface area contributed by atoms with Gasteiger partial charge in [0.2, 0.25) is 0 Å². The minimum absolute atomic E-state index is 0.267.